The molecular formula is C28H36N2O4S. The van der Waals surface area contributed by atoms with Crippen LogP contribution in [0.5, 0.6) is 17.2 Å². The summed E-state index contributed by atoms with van der Waals surface area (Å²) in [6, 6.07) is 10.3. The molecule has 7 heteroatoms. The van der Waals surface area contributed by atoms with Crippen molar-refractivity contribution in [2.75, 3.05) is 54.1 Å². The Hall–Kier alpha value is -2.77. The van der Waals surface area contributed by atoms with Crippen molar-refractivity contribution in [2.24, 2.45) is 0 Å². The normalized spacial score (nSPS) is 13.7. The van der Waals surface area contributed by atoms with E-state index in [2.05, 4.69) is 29.3 Å². The van der Waals surface area contributed by atoms with Gasteiger partial charge in [-0.25, -0.2) is 0 Å². The maximum absolute atomic E-state index is 13.0. The average molecular weight is 497 g/mol. The quantitative estimate of drug-likeness (QED) is 0.381. The summed E-state index contributed by atoms with van der Waals surface area (Å²) in [5, 5.41) is 3.60. The van der Waals surface area contributed by atoms with Gasteiger partial charge in [0.2, 0.25) is 5.91 Å². The van der Waals surface area contributed by atoms with Crippen LogP contribution in [0.15, 0.2) is 35.7 Å². The van der Waals surface area contributed by atoms with Crippen molar-refractivity contribution in [1.29, 1.82) is 0 Å². The molecular weight excluding hydrogens is 460 g/mol. The first-order chi connectivity index (χ1) is 17.1. The predicted molar refractivity (Wildman–Crippen MR) is 142 cm³/mol. The second kappa shape index (κ2) is 11.8. The van der Waals surface area contributed by atoms with Crippen LogP contribution in [-0.4, -0.2) is 69.8 Å². The number of nitrogens with zero attached hydrogens (tertiary/aromatic N) is 2. The minimum Gasteiger partial charge on any atom is -0.497 e. The second-order valence-corrected chi connectivity index (χ2v) is 9.86. The molecule has 0 radical (unpaired) electrons. The highest BCUT2D eigenvalue weighted by atomic mass is 32.1. The molecule has 2 aromatic carbocycles. The first-order valence-corrected chi connectivity index (χ1v) is 13.2. The summed E-state index contributed by atoms with van der Waals surface area (Å²) >= 11 is 1.78. The summed E-state index contributed by atoms with van der Waals surface area (Å²) in [6.45, 7) is 6.77. The van der Waals surface area contributed by atoms with Gasteiger partial charge in [0.1, 0.15) is 5.75 Å². The molecule has 188 valence electrons. The van der Waals surface area contributed by atoms with Crippen molar-refractivity contribution in [3.05, 3.63) is 52.4 Å². The summed E-state index contributed by atoms with van der Waals surface area (Å²) in [7, 11) is 4.99. The van der Waals surface area contributed by atoms with E-state index in [0.717, 1.165) is 69.0 Å². The highest BCUT2D eigenvalue weighted by Crippen LogP contribution is 2.33. The number of amides is 1. The van der Waals surface area contributed by atoms with Crippen LogP contribution < -0.4 is 14.2 Å². The van der Waals surface area contributed by atoms with Gasteiger partial charge in [-0.05, 0) is 90.1 Å². The van der Waals surface area contributed by atoms with Crippen molar-refractivity contribution in [3.63, 3.8) is 0 Å². The number of benzene rings is 2. The smallest absolute Gasteiger partial charge is 0.227 e. The summed E-state index contributed by atoms with van der Waals surface area (Å²) in [6.07, 6.45) is 3.27. The maximum atomic E-state index is 13.0. The van der Waals surface area contributed by atoms with Gasteiger partial charge in [0.05, 0.1) is 27.8 Å². The number of hydrogen-bond acceptors (Lipinski definition) is 6. The van der Waals surface area contributed by atoms with Gasteiger partial charge in [0.25, 0.3) is 0 Å². The van der Waals surface area contributed by atoms with Crippen LogP contribution in [0.25, 0.3) is 10.1 Å². The molecule has 3 aromatic rings. The zero-order chi connectivity index (χ0) is 24.8. The molecule has 2 heterocycles. The van der Waals surface area contributed by atoms with E-state index in [1.54, 1.807) is 32.7 Å². The van der Waals surface area contributed by atoms with E-state index in [9.17, 15) is 4.79 Å². The second-order valence-electron chi connectivity index (χ2n) is 8.94. The SMILES string of the molecule is CCN(CCCN1CCc2cc(OC)c(OC)cc2CC1=O)CCc1csc2cc(OC)ccc12. The third-order valence-electron chi connectivity index (χ3n) is 6.96. The zero-order valence-corrected chi connectivity index (χ0v) is 22.1. The zero-order valence-electron chi connectivity index (χ0n) is 21.3. The largest absolute Gasteiger partial charge is 0.497 e. The number of carbonyl (C=O) groups excluding carboxylic acids is 1. The summed E-state index contributed by atoms with van der Waals surface area (Å²) in [5.74, 6) is 2.51. The highest BCUT2D eigenvalue weighted by Gasteiger charge is 2.22. The van der Waals surface area contributed by atoms with Crippen molar-refractivity contribution in [2.45, 2.75) is 32.6 Å². The van der Waals surface area contributed by atoms with Crippen LogP contribution in [-0.2, 0) is 24.1 Å². The molecule has 0 aliphatic carbocycles. The van der Waals surface area contributed by atoms with Gasteiger partial charge in [0.15, 0.2) is 11.5 Å². The van der Waals surface area contributed by atoms with Crippen molar-refractivity contribution < 1.29 is 19.0 Å². The lowest BCUT2D eigenvalue weighted by Gasteiger charge is -2.24. The maximum Gasteiger partial charge on any atom is 0.227 e. The van der Waals surface area contributed by atoms with E-state index >= 15 is 0 Å². The van der Waals surface area contributed by atoms with Crippen LogP contribution in [0.1, 0.15) is 30.0 Å². The van der Waals surface area contributed by atoms with E-state index in [4.69, 9.17) is 14.2 Å². The van der Waals surface area contributed by atoms with Crippen LogP contribution in [0.2, 0.25) is 0 Å². The third-order valence-corrected chi connectivity index (χ3v) is 7.96. The van der Waals surface area contributed by atoms with E-state index in [0.29, 0.717) is 12.2 Å². The Morgan fingerprint density at radius 2 is 1.77 bits per heavy atom. The Morgan fingerprint density at radius 3 is 2.49 bits per heavy atom. The molecule has 1 aromatic heterocycles. The molecule has 1 aliphatic heterocycles. The fraction of sp³-hybridized carbons (Fsp3) is 0.464. The Kier molecular flexibility index (Phi) is 8.52. The minimum absolute atomic E-state index is 0.194. The van der Waals surface area contributed by atoms with Gasteiger partial charge in [0, 0.05) is 24.3 Å². The van der Waals surface area contributed by atoms with Crippen molar-refractivity contribution >= 4 is 27.3 Å². The lowest BCUT2D eigenvalue weighted by Crippen LogP contribution is -2.35. The summed E-state index contributed by atoms with van der Waals surface area (Å²) < 4.78 is 17.5. The third kappa shape index (κ3) is 5.90. The fourth-order valence-electron chi connectivity index (χ4n) is 4.83. The molecule has 0 unspecified atom stereocenters. The molecule has 0 spiro atoms. The molecule has 0 bridgehead atoms. The number of carbonyl (C=O) groups is 1. The van der Waals surface area contributed by atoms with Gasteiger partial charge in [-0.2, -0.15) is 0 Å². The molecule has 4 rings (SSSR count). The molecule has 0 saturated carbocycles. The Balaban J connectivity index is 1.29. The van der Waals surface area contributed by atoms with Gasteiger partial charge >= 0.3 is 0 Å². The van der Waals surface area contributed by atoms with E-state index < -0.39 is 0 Å². The minimum atomic E-state index is 0.194. The molecule has 0 atom stereocenters. The standard InChI is InChI=1S/C28H36N2O4S/c1-5-29(13-9-21-19-35-27-18-23(32-2)7-8-24(21)27)11-6-12-30-14-10-20-15-25(33-3)26(34-4)16-22(20)17-28(30)31/h7-8,15-16,18-19H,5-6,9-14,17H2,1-4H3. The molecule has 0 saturated heterocycles. The number of methoxy groups -OCH3 is 3. The predicted octanol–water partition coefficient (Wildman–Crippen LogP) is 4.81. The van der Waals surface area contributed by atoms with E-state index in [-0.39, 0.29) is 5.91 Å². The monoisotopic (exact) mass is 496 g/mol. The molecule has 6 nitrogen and oxygen atoms in total. The number of rotatable bonds is 11. The molecule has 1 amide bonds. The number of thiophene rings is 1. The summed E-state index contributed by atoms with van der Waals surface area (Å²) in [4.78, 5) is 17.5. The van der Waals surface area contributed by atoms with Gasteiger partial charge in [-0.3, -0.25) is 4.79 Å². The Bertz CT molecular complexity index is 1160. The molecule has 1 aliphatic rings. The highest BCUT2D eigenvalue weighted by molar-refractivity contribution is 7.17. The number of ether oxygens (including phenoxy) is 3. The van der Waals surface area contributed by atoms with Gasteiger partial charge < -0.3 is 24.0 Å². The molecule has 0 N–H and O–H groups in total. The van der Waals surface area contributed by atoms with Crippen molar-refractivity contribution in [1.82, 2.24) is 9.80 Å². The Morgan fingerprint density at radius 1 is 1.00 bits per heavy atom. The van der Waals surface area contributed by atoms with Gasteiger partial charge in [-0.15, -0.1) is 11.3 Å². The van der Waals surface area contributed by atoms with E-state index in [1.165, 1.54) is 21.2 Å². The van der Waals surface area contributed by atoms with Crippen LogP contribution >= 0.6 is 11.3 Å². The first-order valence-electron chi connectivity index (χ1n) is 12.3. The number of fused-ring (bicyclic) bond motifs is 2. The lowest BCUT2D eigenvalue weighted by molar-refractivity contribution is -0.130. The summed E-state index contributed by atoms with van der Waals surface area (Å²) in [5.41, 5.74) is 3.62. The average Bonchev–Trinajstić information content (AvgIpc) is 3.22. The van der Waals surface area contributed by atoms with E-state index in [1.807, 2.05) is 23.1 Å². The lowest BCUT2D eigenvalue weighted by atomic mass is 10.0. The topological polar surface area (TPSA) is 51.2 Å². The van der Waals surface area contributed by atoms with Crippen LogP contribution in [0.3, 0.4) is 0 Å². The Labute approximate surface area is 212 Å². The van der Waals surface area contributed by atoms with Crippen molar-refractivity contribution in [3.8, 4) is 17.2 Å². The number of likely N-dealkylation sites (N-methyl/N-ethyl adjacent to an activating group) is 1. The number of hydrogen-bond donors (Lipinski definition) is 0. The molecule has 35 heavy (non-hydrogen) atoms. The van der Waals surface area contributed by atoms with Crippen LogP contribution in [0, 0.1) is 0 Å². The fourth-order valence-corrected chi connectivity index (χ4v) is 5.85. The molecule has 0 fully saturated rings. The first kappa shape index (κ1) is 25.3. The van der Waals surface area contributed by atoms with Crippen LogP contribution in [0.4, 0.5) is 0 Å². The van der Waals surface area contributed by atoms with Gasteiger partial charge in [-0.1, -0.05) is 6.92 Å².